The molecule has 14 nitrogen and oxygen atoms in total. The molecule has 3 aromatic rings. The van der Waals surface area contributed by atoms with Gasteiger partial charge in [-0.1, -0.05) is 0 Å². The fraction of sp³-hybridized carbons (Fsp3) is 0.600. The predicted octanol–water partition coefficient (Wildman–Crippen LogP) is 3.10. The summed E-state index contributed by atoms with van der Waals surface area (Å²) in [5.74, 6) is 0.745. The Bertz CT molecular complexity index is 1410. The second-order valence-electron chi connectivity index (χ2n) is 10.4. The van der Waals surface area contributed by atoms with Crippen molar-refractivity contribution >= 4 is 16.0 Å². The number of nitrogens with zero attached hydrogens (tertiary/aromatic N) is 7. The lowest BCUT2D eigenvalue weighted by Crippen LogP contribution is -2.35. The third-order valence-corrected chi connectivity index (χ3v) is 8.13. The number of sulfonamides is 1. The van der Waals surface area contributed by atoms with Crippen molar-refractivity contribution in [3.63, 3.8) is 0 Å². The summed E-state index contributed by atoms with van der Waals surface area (Å²) in [5, 5.41) is 7.42. The van der Waals surface area contributed by atoms with Gasteiger partial charge in [0.25, 0.3) is 0 Å². The van der Waals surface area contributed by atoms with Crippen LogP contribution >= 0.6 is 0 Å². The van der Waals surface area contributed by atoms with Crippen molar-refractivity contribution in [3.05, 3.63) is 35.9 Å². The second kappa shape index (κ2) is 11.6. The summed E-state index contributed by atoms with van der Waals surface area (Å²) in [6.45, 7) is 11.0. The van der Waals surface area contributed by atoms with Crippen LogP contribution in [0.1, 0.15) is 76.9 Å². The minimum absolute atomic E-state index is 0.116. The molecule has 1 N–H and O–H groups in total. The molecule has 4 rings (SSSR count). The van der Waals surface area contributed by atoms with Crippen molar-refractivity contribution < 1.29 is 27.4 Å². The molecule has 0 spiro atoms. The summed E-state index contributed by atoms with van der Waals surface area (Å²) in [5.41, 5.74) is 0.668. The third-order valence-electron chi connectivity index (χ3n) is 6.43. The van der Waals surface area contributed by atoms with Crippen molar-refractivity contribution in [2.75, 3.05) is 18.9 Å². The normalized spacial score (nSPS) is 18.5. The van der Waals surface area contributed by atoms with Gasteiger partial charge in [0, 0.05) is 12.4 Å². The minimum atomic E-state index is -4.16. The molecule has 1 aliphatic rings. The van der Waals surface area contributed by atoms with Crippen molar-refractivity contribution in [1.82, 2.24) is 34.7 Å². The maximum Gasteiger partial charge on any atom is 0.245 e. The number of aromatic nitrogens is 7. The van der Waals surface area contributed by atoms with Crippen molar-refractivity contribution in [2.24, 2.45) is 0 Å². The van der Waals surface area contributed by atoms with Crippen molar-refractivity contribution in [1.29, 1.82) is 0 Å². The molecule has 1 saturated heterocycles. The molecule has 0 radical (unpaired) electrons. The Balaban J connectivity index is 1.80. The van der Waals surface area contributed by atoms with Crippen LogP contribution in [0.5, 0.6) is 11.8 Å². The van der Waals surface area contributed by atoms with E-state index < -0.39 is 33.1 Å². The highest BCUT2D eigenvalue weighted by Crippen LogP contribution is 2.42. The standard InChI is InChI=1S/C25H36N8O6S/c1-14(2)38-19(20-26-11-15(3)12-27-20)16(4)40(34,35)32-24-31-30-21(17-9-10-25(5,6)39-17)33(24)18-22(36-7)28-13-29-23(18)37-8/h11-14,16-17,19H,9-10H2,1-8H3,(H,31,32)/t16-,17+,19+/m0/s1. The number of anilines is 1. The number of rotatable bonds is 11. The van der Waals surface area contributed by atoms with Crippen LogP contribution in [-0.2, 0) is 19.5 Å². The van der Waals surface area contributed by atoms with Gasteiger partial charge in [-0.3, -0.25) is 9.29 Å². The maximum atomic E-state index is 13.8. The summed E-state index contributed by atoms with van der Waals surface area (Å²) in [6, 6.07) is 0. The van der Waals surface area contributed by atoms with Crippen molar-refractivity contribution in [3.8, 4) is 17.4 Å². The fourth-order valence-electron chi connectivity index (χ4n) is 4.40. The minimum Gasteiger partial charge on any atom is -0.479 e. The molecule has 0 unspecified atom stereocenters. The summed E-state index contributed by atoms with van der Waals surface area (Å²) in [7, 11) is -1.29. The van der Waals surface area contributed by atoms with Gasteiger partial charge in [-0.2, -0.15) is 9.97 Å². The first kappa shape index (κ1) is 29.6. The van der Waals surface area contributed by atoms with Gasteiger partial charge in [-0.05, 0) is 59.9 Å². The molecule has 3 aromatic heterocycles. The van der Waals surface area contributed by atoms with Gasteiger partial charge in [0.15, 0.2) is 17.3 Å². The molecule has 218 valence electrons. The van der Waals surface area contributed by atoms with Gasteiger partial charge in [-0.25, -0.2) is 18.4 Å². The third kappa shape index (κ3) is 6.15. The Morgan fingerprint density at radius 3 is 2.20 bits per heavy atom. The first-order valence-corrected chi connectivity index (χ1v) is 14.4. The number of hydrogen-bond acceptors (Lipinski definition) is 12. The predicted molar refractivity (Wildman–Crippen MR) is 145 cm³/mol. The molecular weight excluding hydrogens is 540 g/mol. The molecule has 0 saturated carbocycles. The molecule has 40 heavy (non-hydrogen) atoms. The number of nitrogens with one attached hydrogen (secondary N) is 1. The van der Waals surface area contributed by atoms with E-state index in [2.05, 4.69) is 34.9 Å². The highest BCUT2D eigenvalue weighted by molar-refractivity contribution is 7.93. The first-order chi connectivity index (χ1) is 18.9. The summed E-state index contributed by atoms with van der Waals surface area (Å²) in [4.78, 5) is 17.0. The zero-order valence-corrected chi connectivity index (χ0v) is 24.8. The smallest absolute Gasteiger partial charge is 0.245 e. The fourth-order valence-corrected chi connectivity index (χ4v) is 5.48. The van der Waals surface area contributed by atoms with E-state index in [-0.39, 0.29) is 35.3 Å². The van der Waals surface area contributed by atoms with E-state index in [4.69, 9.17) is 18.9 Å². The van der Waals surface area contributed by atoms with Crippen LogP contribution in [0.15, 0.2) is 18.7 Å². The number of methoxy groups -OCH3 is 2. The van der Waals surface area contributed by atoms with Gasteiger partial charge in [0.05, 0.1) is 25.9 Å². The number of aryl methyl sites for hydroxylation is 1. The van der Waals surface area contributed by atoms with Gasteiger partial charge in [-0.15, -0.1) is 10.2 Å². The van der Waals surface area contributed by atoms with E-state index in [1.54, 1.807) is 12.4 Å². The van der Waals surface area contributed by atoms with Crippen LogP contribution in [0.2, 0.25) is 0 Å². The molecule has 4 heterocycles. The van der Waals surface area contributed by atoms with E-state index in [1.165, 1.54) is 32.0 Å². The van der Waals surface area contributed by atoms with Crippen LogP contribution in [0.4, 0.5) is 5.95 Å². The summed E-state index contributed by atoms with van der Waals surface area (Å²) >= 11 is 0. The quantitative estimate of drug-likeness (QED) is 0.355. The maximum absolute atomic E-state index is 13.8. The summed E-state index contributed by atoms with van der Waals surface area (Å²) < 4.78 is 54.9. The molecule has 1 fully saturated rings. The molecule has 0 amide bonds. The van der Waals surface area contributed by atoms with E-state index in [0.717, 1.165) is 12.0 Å². The van der Waals surface area contributed by atoms with E-state index in [9.17, 15) is 8.42 Å². The van der Waals surface area contributed by atoms with Crippen molar-refractivity contribution in [2.45, 2.75) is 83.5 Å². The van der Waals surface area contributed by atoms with Gasteiger partial charge in [0.1, 0.15) is 23.8 Å². The molecule has 0 aromatic carbocycles. The zero-order chi connectivity index (χ0) is 29.2. The average molecular weight is 577 g/mol. The molecule has 0 bridgehead atoms. The van der Waals surface area contributed by atoms with E-state index >= 15 is 0 Å². The monoisotopic (exact) mass is 576 g/mol. The molecule has 1 aliphatic heterocycles. The largest absolute Gasteiger partial charge is 0.479 e. The van der Waals surface area contributed by atoms with Gasteiger partial charge in [0.2, 0.25) is 27.7 Å². The SMILES string of the molecule is COc1ncnc(OC)c1-n1c(NS(=O)(=O)[C@@H](C)[C@@H](OC(C)C)c2ncc(C)cn2)nnc1[C@H]1CCC(C)(C)O1. The highest BCUT2D eigenvalue weighted by atomic mass is 32.2. The molecule has 15 heteroatoms. The Labute approximate surface area is 233 Å². The molecule has 0 aliphatic carbocycles. The first-order valence-electron chi connectivity index (χ1n) is 12.9. The van der Waals surface area contributed by atoms with Gasteiger partial charge < -0.3 is 18.9 Å². The highest BCUT2D eigenvalue weighted by Gasteiger charge is 2.40. The van der Waals surface area contributed by atoms with Crippen LogP contribution in [0.3, 0.4) is 0 Å². The van der Waals surface area contributed by atoms with Crippen LogP contribution < -0.4 is 14.2 Å². The Morgan fingerprint density at radius 1 is 1.05 bits per heavy atom. The zero-order valence-electron chi connectivity index (χ0n) is 23.9. The number of ether oxygens (including phenoxy) is 4. The Morgan fingerprint density at radius 2 is 1.68 bits per heavy atom. The number of hydrogen-bond donors (Lipinski definition) is 1. The van der Waals surface area contributed by atoms with E-state index in [1.807, 2.05) is 34.6 Å². The van der Waals surface area contributed by atoms with Gasteiger partial charge >= 0.3 is 0 Å². The topological polar surface area (TPSA) is 165 Å². The summed E-state index contributed by atoms with van der Waals surface area (Å²) in [6.07, 6.45) is 4.19. The van der Waals surface area contributed by atoms with E-state index in [0.29, 0.717) is 12.2 Å². The molecular formula is C25H36N8O6S. The van der Waals surface area contributed by atoms with Crippen LogP contribution in [0, 0.1) is 6.92 Å². The lowest BCUT2D eigenvalue weighted by molar-refractivity contribution is -0.0207. The Kier molecular flexibility index (Phi) is 8.56. The second-order valence-corrected chi connectivity index (χ2v) is 12.5. The lowest BCUT2D eigenvalue weighted by atomic mass is 10.1. The van der Waals surface area contributed by atoms with Crippen LogP contribution in [0.25, 0.3) is 5.69 Å². The average Bonchev–Trinajstić information content (AvgIpc) is 3.48. The Hall–Kier alpha value is -3.43. The lowest BCUT2D eigenvalue weighted by Gasteiger charge is -2.25. The molecule has 3 atom stereocenters. The van der Waals surface area contributed by atoms with Crippen LogP contribution in [-0.4, -0.2) is 74.3 Å².